The molecule has 0 bridgehead atoms. The highest BCUT2D eigenvalue weighted by atomic mass is 16.4. The number of carbonyl (C=O) groups is 2. The maximum absolute atomic E-state index is 13.7. The summed E-state index contributed by atoms with van der Waals surface area (Å²) in [6.07, 6.45) is 13.4. The van der Waals surface area contributed by atoms with Crippen LogP contribution in [0.4, 0.5) is 0 Å². The second-order valence-corrected chi connectivity index (χ2v) is 11.2. The van der Waals surface area contributed by atoms with Crippen molar-refractivity contribution in [2.45, 2.75) is 76.3 Å². The Morgan fingerprint density at radius 1 is 0.947 bits per heavy atom. The smallest absolute Gasteiger partial charge is 0.339 e. The van der Waals surface area contributed by atoms with E-state index >= 15 is 0 Å². The zero-order valence-corrected chi connectivity index (χ0v) is 21.9. The Bertz CT molecular complexity index is 1310. The lowest BCUT2D eigenvalue weighted by molar-refractivity contribution is -0.133. The number of carboxylic acids is 1. The molecule has 8 heteroatoms. The Balaban J connectivity index is 1.39. The second kappa shape index (κ2) is 10.5. The van der Waals surface area contributed by atoms with Crippen molar-refractivity contribution in [1.82, 2.24) is 14.4 Å². The number of aromatic hydroxyl groups is 1. The van der Waals surface area contributed by atoms with Gasteiger partial charge in [-0.3, -0.25) is 4.79 Å². The number of phenols is 1. The molecule has 0 atom stereocenters. The number of piperidine rings is 1. The zero-order chi connectivity index (χ0) is 26.2. The molecule has 6 rings (SSSR count). The number of fused-ring (bicyclic) bond motifs is 1. The number of hydrogen-bond acceptors (Lipinski definition) is 5. The van der Waals surface area contributed by atoms with Gasteiger partial charge in [0.25, 0.3) is 0 Å². The van der Waals surface area contributed by atoms with Crippen molar-refractivity contribution in [2.24, 2.45) is 0 Å². The lowest BCUT2D eigenvalue weighted by Crippen LogP contribution is -2.46. The van der Waals surface area contributed by atoms with E-state index in [9.17, 15) is 19.8 Å². The van der Waals surface area contributed by atoms with Crippen LogP contribution in [0.15, 0.2) is 35.1 Å². The van der Waals surface area contributed by atoms with Gasteiger partial charge in [-0.2, -0.15) is 0 Å². The maximum Gasteiger partial charge on any atom is 0.339 e. The SMILES string of the molecule is O=C(O)c1cc2c(cc1O)c(C1CCCCC1)c(-c1ccoc1)n2CC(=O)N1CCC(N2CCCC2)CC1. The molecule has 1 aromatic carbocycles. The number of likely N-dealkylation sites (tertiary alicyclic amines) is 2. The van der Waals surface area contributed by atoms with Crippen LogP contribution in [0.1, 0.15) is 79.6 Å². The van der Waals surface area contributed by atoms with Gasteiger partial charge in [0.15, 0.2) is 0 Å². The maximum atomic E-state index is 13.7. The van der Waals surface area contributed by atoms with Gasteiger partial charge in [-0.05, 0) is 81.3 Å². The molecule has 38 heavy (non-hydrogen) atoms. The third-order valence-electron chi connectivity index (χ3n) is 9.03. The number of benzene rings is 1. The predicted molar refractivity (Wildman–Crippen MR) is 144 cm³/mol. The highest BCUT2D eigenvalue weighted by Gasteiger charge is 2.32. The summed E-state index contributed by atoms with van der Waals surface area (Å²) in [6, 6.07) is 5.60. The number of amides is 1. The van der Waals surface area contributed by atoms with Gasteiger partial charge in [0.1, 0.15) is 17.9 Å². The lowest BCUT2D eigenvalue weighted by atomic mass is 9.82. The summed E-state index contributed by atoms with van der Waals surface area (Å²) in [7, 11) is 0. The molecule has 0 radical (unpaired) electrons. The van der Waals surface area contributed by atoms with Crippen molar-refractivity contribution in [1.29, 1.82) is 0 Å². The third kappa shape index (κ3) is 4.59. The van der Waals surface area contributed by atoms with E-state index in [0.29, 0.717) is 11.6 Å². The molecule has 0 spiro atoms. The van der Waals surface area contributed by atoms with Gasteiger partial charge < -0.3 is 29.0 Å². The van der Waals surface area contributed by atoms with Gasteiger partial charge in [-0.1, -0.05) is 19.3 Å². The minimum Gasteiger partial charge on any atom is -0.507 e. The number of aromatic carboxylic acids is 1. The van der Waals surface area contributed by atoms with E-state index < -0.39 is 5.97 Å². The molecule has 2 N–H and O–H groups in total. The molecule has 2 aromatic heterocycles. The van der Waals surface area contributed by atoms with E-state index in [-0.39, 0.29) is 29.7 Å². The van der Waals surface area contributed by atoms with E-state index in [1.54, 1.807) is 18.6 Å². The summed E-state index contributed by atoms with van der Waals surface area (Å²) in [5, 5.41) is 21.2. The molecule has 2 aliphatic heterocycles. The van der Waals surface area contributed by atoms with Crippen LogP contribution in [0.25, 0.3) is 22.2 Å². The van der Waals surface area contributed by atoms with Crippen LogP contribution in [-0.4, -0.2) is 68.7 Å². The first-order valence-electron chi connectivity index (χ1n) is 14.2. The van der Waals surface area contributed by atoms with Crippen LogP contribution in [0.2, 0.25) is 0 Å². The minimum absolute atomic E-state index is 0.0478. The van der Waals surface area contributed by atoms with Crippen molar-refractivity contribution >= 4 is 22.8 Å². The number of hydrogen-bond donors (Lipinski definition) is 2. The van der Waals surface area contributed by atoms with Crippen LogP contribution in [0.3, 0.4) is 0 Å². The molecule has 1 saturated carbocycles. The first-order chi connectivity index (χ1) is 18.5. The van der Waals surface area contributed by atoms with Crippen LogP contribution >= 0.6 is 0 Å². The van der Waals surface area contributed by atoms with E-state index in [0.717, 1.165) is 73.8 Å². The first-order valence-corrected chi connectivity index (χ1v) is 14.2. The topological polar surface area (TPSA) is 99.1 Å². The van der Waals surface area contributed by atoms with Gasteiger partial charge in [-0.25, -0.2) is 4.79 Å². The summed E-state index contributed by atoms with van der Waals surface area (Å²) in [5.41, 5.74) is 3.40. The summed E-state index contributed by atoms with van der Waals surface area (Å²) in [4.78, 5) is 30.2. The molecule has 0 unspecified atom stereocenters. The van der Waals surface area contributed by atoms with Crippen molar-refractivity contribution < 1.29 is 24.2 Å². The first kappa shape index (κ1) is 25.0. The molecule has 1 aliphatic carbocycles. The lowest BCUT2D eigenvalue weighted by Gasteiger charge is -2.36. The fraction of sp³-hybridized carbons (Fsp3) is 0.533. The largest absolute Gasteiger partial charge is 0.507 e. The number of carbonyl (C=O) groups excluding carboxylic acids is 1. The third-order valence-corrected chi connectivity index (χ3v) is 9.03. The number of aromatic nitrogens is 1. The Labute approximate surface area is 222 Å². The highest BCUT2D eigenvalue weighted by Crippen LogP contribution is 2.45. The quantitative estimate of drug-likeness (QED) is 0.450. The van der Waals surface area contributed by atoms with Crippen LogP contribution in [0, 0.1) is 0 Å². The molecular weight excluding hydrogens is 482 g/mol. The second-order valence-electron chi connectivity index (χ2n) is 11.2. The van der Waals surface area contributed by atoms with E-state index in [2.05, 4.69) is 4.90 Å². The van der Waals surface area contributed by atoms with Gasteiger partial charge >= 0.3 is 5.97 Å². The molecule has 3 fully saturated rings. The molecule has 2 saturated heterocycles. The minimum atomic E-state index is -1.18. The molecule has 1 amide bonds. The fourth-order valence-corrected chi connectivity index (χ4v) is 7.08. The normalized spacial score (nSPS) is 19.9. The molecular formula is C30H37N3O5. The van der Waals surface area contributed by atoms with Crippen LogP contribution in [0.5, 0.6) is 5.75 Å². The summed E-state index contributed by atoms with van der Waals surface area (Å²) >= 11 is 0. The molecule has 3 aromatic rings. The van der Waals surface area contributed by atoms with Gasteiger partial charge in [0.05, 0.1) is 23.7 Å². The van der Waals surface area contributed by atoms with Crippen molar-refractivity contribution in [3.8, 4) is 17.0 Å². The molecule has 202 valence electrons. The monoisotopic (exact) mass is 519 g/mol. The average molecular weight is 520 g/mol. The number of furan rings is 1. The van der Waals surface area contributed by atoms with Crippen molar-refractivity contribution in [3.05, 3.63) is 41.9 Å². The number of carboxylic acid groups (broad SMARTS) is 1. The Morgan fingerprint density at radius 2 is 1.68 bits per heavy atom. The molecule has 3 aliphatic rings. The van der Waals surface area contributed by atoms with Crippen molar-refractivity contribution in [2.75, 3.05) is 26.2 Å². The predicted octanol–water partition coefficient (Wildman–Crippen LogP) is 5.44. The van der Waals surface area contributed by atoms with Gasteiger partial charge in [-0.15, -0.1) is 0 Å². The van der Waals surface area contributed by atoms with E-state index in [1.807, 2.05) is 15.5 Å². The summed E-state index contributed by atoms with van der Waals surface area (Å²) in [6.45, 7) is 3.96. The highest BCUT2D eigenvalue weighted by molar-refractivity contribution is 6.01. The van der Waals surface area contributed by atoms with Crippen LogP contribution < -0.4 is 0 Å². The molecule has 8 nitrogen and oxygen atoms in total. The van der Waals surface area contributed by atoms with E-state index in [4.69, 9.17) is 4.42 Å². The fourth-order valence-electron chi connectivity index (χ4n) is 7.08. The molecule has 4 heterocycles. The van der Waals surface area contributed by atoms with Gasteiger partial charge in [0, 0.05) is 30.1 Å². The number of rotatable bonds is 6. The van der Waals surface area contributed by atoms with Gasteiger partial charge in [0.2, 0.25) is 5.91 Å². The Morgan fingerprint density at radius 3 is 2.34 bits per heavy atom. The average Bonchev–Trinajstić information content (AvgIpc) is 3.70. The standard InChI is InChI=1S/C30H37N3O5/c34-26-17-23-25(16-24(26)30(36)37)33(18-27(35)32-13-8-22(9-14-32)31-11-4-5-12-31)29(21-10-15-38-19-21)28(23)20-6-2-1-3-7-20/h10,15-17,19-20,22,34H,1-9,11-14,18H2,(H,36,37). The Kier molecular flexibility index (Phi) is 6.91. The number of nitrogens with zero attached hydrogens (tertiary/aromatic N) is 3. The van der Waals surface area contributed by atoms with Crippen molar-refractivity contribution in [3.63, 3.8) is 0 Å². The van der Waals surface area contributed by atoms with Crippen LogP contribution in [-0.2, 0) is 11.3 Å². The van der Waals surface area contributed by atoms with E-state index in [1.165, 1.54) is 38.4 Å². The summed E-state index contributed by atoms with van der Waals surface area (Å²) in [5.74, 6) is -1.10. The zero-order valence-electron chi connectivity index (χ0n) is 21.9. The Hall–Kier alpha value is -3.26. The summed E-state index contributed by atoms with van der Waals surface area (Å²) < 4.78 is 7.45.